The monoisotopic (exact) mass is 454 g/mol. The number of amides is 1. The van der Waals surface area contributed by atoms with E-state index in [0.29, 0.717) is 17.6 Å². The van der Waals surface area contributed by atoms with Crippen LogP contribution in [0.4, 0.5) is 11.6 Å². The van der Waals surface area contributed by atoms with Gasteiger partial charge in [0.25, 0.3) is 5.91 Å². The van der Waals surface area contributed by atoms with Crippen LogP contribution in [0.5, 0.6) is 0 Å². The molecule has 0 aliphatic heterocycles. The average molecular weight is 455 g/mol. The van der Waals surface area contributed by atoms with Crippen molar-refractivity contribution in [1.29, 1.82) is 10.5 Å². The molecule has 1 aliphatic carbocycles. The van der Waals surface area contributed by atoms with Gasteiger partial charge in [0.1, 0.15) is 6.04 Å². The molecular weight excluding hydrogens is 428 g/mol. The Labute approximate surface area is 198 Å². The molecule has 1 amide bonds. The Balaban J connectivity index is 1.46. The SMILES string of the molecule is Cc1cnc(Nc2cnn(C3CCC(C#N)CC3)c2)nc1-c1ccc(C(=O)N[C@@H](C)C#N)cc1. The van der Waals surface area contributed by atoms with Crippen molar-refractivity contribution in [3.05, 3.63) is 54.0 Å². The summed E-state index contributed by atoms with van der Waals surface area (Å²) >= 11 is 0. The van der Waals surface area contributed by atoms with Crippen molar-refractivity contribution >= 4 is 17.5 Å². The lowest BCUT2D eigenvalue weighted by Gasteiger charge is -2.24. The number of benzene rings is 1. The summed E-state index contributed by atoms with van der Waals surface area (Å²) < 4.78 is 1.96. The zero-order valence-electron chi connectivity index (χ0n) is 19.2. The van der Waals surface area contributed by atoms with Gasteiger partial charge in [0.2, 0.25) is 5.95 Å². The zero-order chi connectivity index (χ0) is 24.1. The summed E-state index contributed by atoms with van der Waals surface area (Å²) in [5.41, 5.74) is 3.81. The van der Waals surface area contributed by atoms with Crippen molar-refractivity contribution in [2.45, 2.75) is 51.6 Å². The van der Waals surface area contributed by atoms with E-state index in [0.717, 1.165) is 48.2 Å². The number of aryl methyl sites for hydroxylation is 1. The van der Waals surface area contributed by atoms with E-state index in [-0.39, 0.29) is 11.8 Å². The number of nitriles is 2. The molecule has 0 spiro atoms. The highest BCUT2D eigenvalue weighted by molar-refractivity contribution is 5.95. The van der Waals surface area contributed by atoms with Crippen molar-refractivity contribution in [1.82, 2.24) is 25.1 Å². The van der Waals surface area contributed by atoms with Gasteiger partial charge in [0.05, 0.1) is 35.8 Å². The highest BCUT2D eigenvalue weighted by Crippen LogP contribution is 2.32. The first kappa shape index (κ1) is 22.9. The first-order chi connectivity index (χ1) is 16.5. The molecule has 34 heavy (non-hydrogen) atoms. The summed E-state index contributed by atoms with van der Waals surface area (Å²) in [7, 11) is 0. The van der Waals surface area contributed by atoms with Gasteiger partial charge in [-0.25, -0.2) is 9.97 Å². The zero-order valence-corrected chi connectivity index (χ0v) is 19.2. The first-order valence-electron chi connectivity index (χ1n) is 11.3. The fraction of sp³-hybridized carbons (Fsp3) is 0.360. The third kappa shape index (κ3) is 5.21. The molecular formula is C25H26N8O. The fourth-order valence-electron chi connectivity index (χ4n) is 4.09. The van der Waals surface area contributed by atoms with Gasteiger partial charge >= 0.3 is 0 Å². The average Bonchev–Trinajstić information content (AvgIpc) is 3.33. The third-order valence-corrected chi connectivity index (χ3v) is 6.04. The standard InChI is InChI=1S/C25H26N8O/c1-16-13-28-25(31-21-14-29-33(15-21)22-9-3-18(12-27)4-10-22)32-23(16)19-5-7-20(8-6-19)24(34)30-17(2)11-26/h5-8,13-15,17-18,22H,3-4,9-10H2,1-2H3,(H,30,34)(H,28,31,32)/t17-,18?,22?/m0/s1. The number of hydrogen-bond acceptors (Lipinski definition) is 7. The topological polar surface area (TPSA) is 132 Å². The summed E-state index contributed by atoms with van der Waals surface area (Å²) in [6, 6.07) is 11.2. The molecule has 1 fully saturated rings. The van der Waals surface area contributed by atoms with Gasteiger partial charge in [-0.2, -0.15) is 15.6 Å². The second-order valence-electron chi connectivity index (χ2n) is 8.60. The molecule has 9 nitrogen and oxygen atoms in total. The van der Waals surface area contributed by atoms with Gasteiger partial charge in [-0.15, -0.1) is 0 Å². The molecule has 0 saturated heterocycles. The summed E-state index contributed by atoms with van der Waals surface area (Å²) in [6.45, 7) is 3.57. The largest absolute Gasteiger partial charge is 0.337 e. The van der Waals surface area contributed by atoms with Crippen LogP contribution in [0.3, 0.4) is 0 Å². The van der Waals surface area contributed by atoms with Gasteiger partial charge in [-0.05, 0) is 57.2 Å². The molecule has 1 aliphatic rings. The van der Waals surface area contributed by atoms with Crippen LogP contribution >= 0.6 is 0 Å². The van der Waals surface area contributed by atoms with Crippen LogP contribution < -0.4 is 10.6 Å². The van der Waals surface area contributed by atoms with Crippen molar-refractivity contribution in [3.8, 4) is 23.4 Å². The lowest BCUT2D eigenvalue weighted by Crippen LogP contribution is -2.31. The van der Waals surface area contributed by atoms with Crippen LogP contribution in [0.15, 0.2) is 42.9 Å². The number of aromatic nitrogens is 4. The second-order valence-corrected chi connectivity index (χ2v) is 8.60. The Morgan fingerprint density at radius 1 is 1.15 bits per heavy atom. The Morgan fingerprint density at radius 3 is 2.56 bits per heavy atom. The molecule has 1 saturated carbocycles. The van der Waals surface area contributed by atoms with Crippen LogP contribution in [0, 0.1) is 35.5 Å². The number of carbonyl (C=O) groups excluding carboxylic acids is 1. The van der Waals surface area contributed by atoms with Gasteiger partial charge in [-0.3, -0.25) is 9.48 Å². The highest BCUT2D eigenvalue weighted by atomic mass is 16.1. The molecule has 1 atom stereocenters. The molecule has 0 radical (unpaired) electrons. The molecule has 3 aromatic rings. The van der Waals surface area contributed by atoms with Gasteiger partial charge in [0.15, 0.2) is 0 Å². The van der Waals surface area contributed by atoms with Crippen molar-refractivity contribution in [2.75, 3.05) is 5.32 Å². The lowest BCUT2D eigenvalue weighted by atomic mass is 9.87. The van der Waals surface area contributed by atoms with E-state index < -0.39 is 6.04 Å². The van der Waals surface area contributed by atoms with Crippen LogP contribution in [0.1, 0.15) is 54.6 Å². The number of carbonyl (C=O) groups is 1. The van der Waals surface area contributed by atoms with Gasteiger partial charge in [-0.1, -0.05) is 12.1 Å². The quantitative estimate of drug-likeness (QED) is 0.568. The number of hydrogen-bond donors (Lipinski definition) is 2. The van der Waals surface area contributed by atoms with E-state index >= 15 is 0 Å². The van der Waals surface area contributed by atoms with E-state index in [1.54, 1.807) is 31.5 Å². The minimum Gasteiger partial charge on any atom is -0.337 e. The smallest absolute Gasteiger partial charge is 0.252 e. The van der Waals surface area contributed by atoms with E-state index in [1.165, 1.54) is 0 Å². The Hall–Kier alpha value is -4.24. The second kappa shape index (κ2) is 10.1. The summed E-state index contributed by atoms with van der Waals surface area (Å²) in [5, 5.41) is 28.3. The predicted octanol–water partition coefficient (Wildman–Crippen LogP) is 4.29. The Morgan fingerprint density at radius 2 is 1.88 bits per heavy atom. The van der Waals surface area contributed by atoms with E-state index in [1.807, 2.05) is 36.0 Å². The number of nitrogens with zero attached hydrogens (tertiary/aromatic N) is 6. The maximum atomic E-state index is 12.2. The van der Waals surface area contributed by atoms with Crippen LogP contribution in [-0.2, 0) is 0 Å². The molecule has 0 bridgehead atoms. The van der Waals surface area contributed by atoms with E-state index in [2.05, 4.69) is 31.8 Å². The van der Waals surface area contributed by atoms with Gasteiger partial charge in [0, 0.05) is 29.4 Å². The molecule has 2 N–H and O–H groups in total. The van der Waals surface area contributed by atoms with E-state index in [9.17, 15) is 4.79 Å². The Bertz CT molecular complexity index is 1240. The van der Waals surface area contributed by atoms with Gasteiger partial charge < -0.3 is 10.6 Å². The molecule has 1 aromatic carbocycles. The highest BCUT2D eigenvalue weighted by Gasteiger charge is 2.22. The molecule has 9 heteroatoms. The van der Waals surface area contributed by atoms with Crippen molar-refractivity contribution in [2.24, 2.45) is 5.92 Å². The summed E-state index contributed by atoms with van der Waals surface area (Å²) in [6.07, 6.45) is 9.19. The number of nitrogens with one attached hydrogen (secondary N) is 2. The van der Waals surface area contributed by atoms with E-state index in [4.69, 9.17) is 10.5 Å². The van der Waals surface area contributed by atoms with Crippen molar-refractivity contribution < 1.29 is 4.79 Å². The maximum absolute atomic E-state index is 12.2. The molecule has 4 rings (SSSR count). The fourth-order valence-corrected chi connectivity index (χ4v) is 4.09. The molecule has 0 unspecified atom stereocenters. The summed E-state index contributed by atoms with van der Waals surface area (Å²) in [4.78, 5) is 21.3. The first-order valence-corrected chi connectivity index (χ1v) is 11.3. The number of rotatable bonds is 6. The Kier molecular flexibility index (Phi) is 6.84. The van der Waals surface area contributed by atoms with Crippen LogP contribution in [-0.4, -0.2) is 31.7 Å². The molecule has 172 valence electrons. The molecule has 2 aromatic heterocycles. The maximum Gasteiger partial charge on any atom is 0.252 e. The van der Waals surface area contributed by atoms with Crippen LogP contribution in [0.25, 0.3) is 11.3 Å². The lowest BCUT2D eigenvalue weighted by molar-refractivity contribution is 0.0948. The molecule has 2 heterocycles. The summed E-state index contributed by atoms with van der Waals surface area (Å²) in [5.74, 6) is 0.326. The van der Waals surface area contributed by atoms with Crippen molar-refractivity contribution in [3.63, 3.8) is 0 Å². The normalized spacial score (nSPS) is 18.4. The van der Waals surface area contributed by atoms with Crippen LogP contribution in [0.2, 0.25) is 0 Å². The minimum atomic E-state index is -0.554. The minimum absolute atomic E-state index is 0.161. The third-order valence-electron chi connectivity index (χ3n) is 6.04. The number of anilines is 2. The predicted molar refractivity (Wildman–Crippen MR) is 127 cm³/mol.